The first-order valence-electron chi connectivity index (χ1n) is 8.20. The molecule has 1 atom stereocenters. The van der Waals surface area contributed by atoms with E-state index in [1.165, 1.54) is 37.7 Å². The SMILES string of the molecule is CCCNC(CCC1CC1)c1cnn(-c2ccccc2)c1. The van der Waals surface area contributed by atoms with Gasteiger partial charge in [-0.3, -0.25) is 0 Å². The van der Waals surface area contributed by atoms with E-state index >= 15 is 0 Å². The van der Waals surface area contributed by atoms with Gasteiger partial charge in [0.05, 0.1) is 11.9 Å². The van der Waals surface area contributed by atoms with E-state index in [1.54, 1.807) is 0 Å². The van der Waals surface area contributed by atoms with Crippen molar-refractivity contribution in [1.82, 2.24) is 15.1 Å². The highest BCUT2D eigenvalue weighted by Crippen LogP contribution is 2.35. The summed E-state index contributed by atoms with van der Waals surface area (Å²) in [4.78, 5) is 0. The van der Waals surface area contributed by atoms with Crippen LogP contribution in [-0.4, -0.2) is 16.3 Å². The first kappa shape index (κ1) is 14.3. The molecule has 2 aromatic rings. The van der Waals surface area contributed by atoms with Crippen LogP contribution < -0.4 is 5.32 Å². The number of nitrogens with one attached hydrogen (secondary N) is 1. The van der Waals surface area contributed by atoms with Crippen LogP contribution in [0.1, 0.15) is 50.6 Å². The van der Waals surface area contributed by atoms with Crippen LogP contribution in [0, 0.1) is 5.92 Å². The van der Waals surface area contributed by atoms with E-state index < -0.39 is 0 Å². The molecule has 0 aliphatic heterocycles. The summed E-state index contributed by atoms with van der Waals surface area (Å²) in [5.41, 5.74) is 2.44. The van der Waals surface area contributed by atoms with Crippen molar-refractivity contribution in [1.29, 1.82) is 0 Å². The van der Waals surface area contributed by atoms with Gasteiger partial charge >= 0.3 is 0 Å². The number of rotatable bonds is 8. The fourth-order valence-corrected chi connectivity index (χ4v) is 2.75. The fraction of sp³-hybridized carbons (Fsp3) is 0.500. The molecule has 1 aromatic carbocycles. The maximum Gasteiger partial charge on any atom is 0.0645 e. The minimum absolute atomic E-state index is 0.447. The molecule has 0 bridgehead atoms. The highest BCUT2D eigenvalue weighted by atomic mass is 15.3. The molecule has 1 fully saturated rings. The van der Waals surface area contributed by atoms with Gasteiger partial charge in [-0.1, -0.05) is 38.0 Å². The van der Waals surface area contributed by atoms with Crippen LogP contribution in [0.15, 0.2) is 42.7 Å². The van der Waals surface area contributed by atoms with Crippen LogP contribution >= 0.6 is 0 Å². The second-order valence-corrected chi connectivity index (χ2v) is 6.08. The molecule has 3 rings (SSSR count). The lowest BCUT2D eigenvalue weighted by Gasteiger charge is -2.16. The molecule has 1 aliphatic rings. The van der Waals surface area contributed by atoms with Gasteiger partial charge in [-0.15, -0.1) is 0 Å². The maximum absolute atomic E-state index is 4.53. The summed E-state index contributed by atoms with van der Waals surface area (Å²) in [6, 6.07) is 10.8. The predicted molar refractivity (Wildman–Crippen MR) is 86.6 cm³/mol. The van der Waals surface area contributed by atoms with Crippen LogP contribution in [0.3, 0.4) is 0 Å². The van der Waals surface area contributed by atoms with Gasteiger partial charge in [0, 0.05) is 17.8 Å². The van der Waals surface area contributed by atoms with E-state index in [0.717, 1.165) is 18.2 Å². The van der Waals surface area contributed by atoms with Crippen LogP contribution in [-0.2, 0) is 0 Å². The van der Waals surface area contributed by atoms with Gasteiger partial charge in [-0.2, -0.15) is 5.10 Å². The summed E-state index contributed by atoms with van der Waals surface area (Å²) in [6.07, 6.45) is 10.8. The quantitative estimate of drug-likeness (QED) is 0.790. The molecule has 0 saturated heterocycles. The van der Waals surface area contributed by atoms with E-state index in [1.807, 2.05) is 16.9 Å². The smallest absolute Gasteiger partial charge is 0.0645 e. The maximum atomic E-state index is 4.53. The molecule has 1 heterocycles. The Hall–Kier alpha value is -1.61. The summed E-state index contributed by atoms with van der Waals surface area (Å²) in [5, 5.41) is 8.22. The van der Waals surface area contributed by atoms with Crippen molar-refractivity contribution in [3.05, 3.63) is 48.3 Å². The van der Waals surface area contributed by atoms with Gasteiger partial charge in [0.15, 0.2) is 0 Å². The highest BCUT2D eigenvalue weighted by molar-refractivity contribution is 5.31. The van der Waals surface area contributed by atoms with Crippen molar-refractivity contribution in [2.45, 2.75) is 45.1 Å². The van der Waals surface area contributed by atoms with Gasteiger partial charge in [-0.25, -0.2) is 4.68 Å². The summed E-state index contributed by atoms with van der Waals surface area (Å²) < 4.78 is 1.98. The monoisotopic (exact) mass is 283 g/mol. The Morgan fingerprint density at radius 3 is 2.81 bits per heavy atom. The highest BCUT2D eigenvalue weighted by Gasteiger charge is 2.23. The van der Waals surface area contributed by atoms with Crippen LogP contribution in [0.25, 0.3) is 5.69 Å². The normalized spacial score (nSPS) is 16.0. The zero-order valence-corrected chi connectivity index (χ0v) is 12.8. The number of para-hydroxylation sites is 1. The molecule has 3 nitrogen and oxygen atoms in total. The largest absolute Gasteiger partial charge is 0.310 e. The molecule has 1 N–H and O–H groups in total. The van der Waals surface area contributed by atoms with Crippen LogP contribution in [0.5, 0.6) is 0 Å². The van der Waals surface area contributed by atoms with Gasteiger partial charge in [-0.05, 0) is 43.9 Å². The summed E-state index contributed by atoms with van der Waals surface area (Å²) in [6.45, 7) is 3.30. The van der Waals surface area contributed by atoms with E-state index in [9.17, 15) is 0 Å². The molecule has 0 radical (unpaired) electrons. The van der Waals surface area contributed by atoms with Gasteiger partial charge in [0.2, 0.25) is 0 Å². The minimum Gasteiger partial charge on any atom is -0.310 e. The average Bonchev–Trinajstić information content (AvgIpc) is 3.23. The minimum atomic E-state index is 0.447. The Kier molecular flexibility index (Phi) is 4.71. The summed E-state index contributed by atoms with van der Waals surface area (Å²) >= 11 is 0. The van der Waals surface area contributed by atoms with Crippen molar-refractivity contribution in [3.8, 4) is 5.69 Å². The molecule has 21 heavy (non-hydrogen) atoms. The second-order valence-electron chi connectivity index (χ2n) is 6.08. The lowest BCUT2D eigenvalue weighted by atomic mass is 10.0. The first-order chi connectivity index (χ1) is 10.4. The molecule has 1 aromatic heterocycles. The average molecular weight is 283 g/mol. The van der Waals surface area contributed by atoms with E-state index in [-0.39, 0.29) is 0 Å². The number of hydrogen-bond donors (Lipinski definition) is 1. The number of nitrogens with zero attached hydrogens (tertiary/aromatic N) is 2. The Morgan fingerprint density at radius 1 is 1.29 bits per heavy atom. The van der Waals surface area contributed by atoms with Crippen molar-refractivity contribution >= 4 is 0 Å². The van der Waals surface area contributed by atoms with E-state index in [4.69, 9.17) is 0 Å². The van der Waals surface area contributed by atoms with Crippen LogP contribution in [0.4, 0.5) is 0 Å². The molecule has 1 aliphatic carbocycles. The number of aromatic nitrogens is 2. The third-order valence-corrected chi connectivity index (χ3v) is 4.23. The Bertz CT molecular complexity index is 543. The van der Waals surface area contributed by atoms with E-state index in [2.05, 4.69) is 47.8 Å². The molecule has 112 valence electrons. The van der Waals surface area contributed by atoms with Gasteiger partial charge < -0.3 is 5.32 Å². The molecule has 0 amide bonds. The first-order valence-corrected chi connectivity index (χ1v) is 8.20. The molecule has 3 heteroatoms. The lowest BCUT2D eigenvalue weighted by molar-refractivity contribution is 0.470. The van der Waals surface area contributed by atoms with Crippen molar-refractivity contribution in [3.63, 3.8) is 0 Å². The fourth-order valence-electron chi connectivity index (χ4n) is 2.75. The van der Waals surface area contributed by atoms with Crippen molar-refractivity contribution < 1.29 is 0 Å². The Morgan fingerprint density at radius 2 is 2.10 bits per heavy atom. The number of hydrogen-bond acceptors (Lipinski definition) is 2. The lowest BCUT2D eigenvalue weighted by Crippen LogP contribution is -2.22. The molecule has 0 spiro atoms. The third kappa shape index (κ3) is 3.94. The number of benzene rings is 1. The van der Waals surface area contributed by atoms with Gasteiger partial charge in [0.25, 0.3) is 0 Å². The second kappa shape index (κ2) is 6.90. The zero-order chi connectivity index (χ0) is 14.5. The standard InChI is InChI=1S/C18H25N3/c1-2-12-19-18(11-10-15-8-9-15)16-13-20-21(14-16)17-6-4-3-5-7-17/h3-7,13-15,18-19H,2,8-12H2,1H3. The van der Waals surface area contributed by atoms with E-state index in [0.29, 0.717) is 6.04 Å². The zero-order valence-electron chi connectivity index (χ0n) is 12.8. The predicted octanol–water partition coefficient (Wildman–Crippen LogP) is 4.10. The summed E-state index contributed by atoms with van der Waals surface area (Å²) in [7, 11) is 0. The Balaban J connectivity index is 1.70. The molecular formula is C18H25N3. The molecular weight excluding hydrogens is 258 g/mol. The van der Waals surface area contributed by atoms with Crippen molar-refractivity contribution in [2.24, 2.45) is 5.92 Å². The van der Waals surface area contributed by atoms with Gasteiger partial charge in [0.1, 0.15) is 0 Å². The Labute approximate surface area is 127 Å². The topological polar surface area (TPSA) is 29.9 Å². The summed E-state index contributed by atoms with van der Waals surface area (Å²) in [5.74, 6) is 0.986. The molecule has 1 unspecified atom stereocenters. The van der Waals surface area contributed by atoms with Crippen molar-refractivity contribution in [2.75, 3.05) is 6.54 Å². The molecule has 1 saturated carbocycles. The van der Waals surface area contributed by atoms with Crippen LogP contribution in [0.2, 0.25) is 0 Å². The third-order valence-electron chi connectivity index (χ3n) is 4.23.